The van der Waals surface area contributed by atoms with Crippen LogP contribution in [0.1, 0.15) is 22.5 Å². The predicted molar refractivity (Wildman–Crippen MR) is 91.5 cm³/mol. The lowest BCUT2D eigenvalue weighted by atomic mass is 10.2. The lowest BCUT2D eigenvalue weighted by Crippen LogP contribution is -2.45. The second-order valence-corrected chi connectivity index (χ2v) is 6.94. The molecule has 1 aromatic carbocycles. The predicted octanol–water partition coefficient (Wildman–Crippen LogP) is 2.36. The first kappa shape index (κ1) is 16.7. The van der Waals surface area contributed by atoms with Gasteiger partial charge in [-0.05, 0) is 18.9 Å². The second kappa shape index (κ2) is 6.78. The van der Waals surface area contributed by atoms with E-state index in [2.05, 4.69) is 5.32 Å². The molecule has 2 heterocycles. The Hall–Kier alpha value is -2.12. The average Bonchev–Trinajstić information content (AvgIpc) is 3.18. The van der Waals surface area contributed by atoms with Crippen molar-refractivity contribution in [2.45, 2.75) is 18.9 Å². The first-order valence-electron chi connectivity index (χ1n) is 7.46. The number of benzene rings is 1. The monoisotopic (exact) mass is 366 g/mol. The molecule has 0 bridgehead atoms. The van der Waals surface area contributed by atoms with Crippen LogP contribution in [0.5, 0.6) is 0 Å². The van der Waals surface area contributed by atoms with Crippen molar-refractivity contribution < 1.29 is 19.5 Å². The summed E-state index contributed by atoms with van der Waals surface area (Å²) in [7, 11) is 0. The summed E-state index contributed by atoms with van der Waals surface area (Å²) in [5.41, 5.74) is 0. The lowest BCUT2D eigenvalue weighted by Gasteiger charge is -2.21. The van der Waals surface area contributed by atoms with Crippen LogP contribution in [-0.4, -0.2) is 46.9 Å². The number of nitrogens with one attached hydrogen (secondary N) is 1. The molecule has 1 aliphatic rings. The van der Waals surface area contributed by atoms with Crippen molar-refractivity contribution in [3.8, 4) is 0 Å². The van der Waals surface area contributed by atoms with Crippen molar-refractivity contribution in [1.82, 2.24) is 10.2 Å². The molecule has 0 spiro atoms. The maximum absolute atomic E-state index is 12.3. The highest BCUT2D eigenvalue weighted by Gasteiger charge is 2.33. The van der Waals surface area contributed by atoms with E-state index in [4.69, 9.17) is 16.7 Å². The number of nitrogens with zero attached hydrogens (tertiary/aromatic N) is 1. The van der Waals surface area contributed by atoms with Crippen molar-refractivity contribution in [3.63, 3.8) is 0 Å². The molecule has 1 atom stereocenters. The molecule has 0 radical (unpaired) electrons. The minimum atomic E-state index is -1.01. The van der Waals surface area contributed by atoms with Crippen LogP contribution in [0.3, 0.4) is 0 Å². The molecule has 0 aliphatic carbocycles. The molecule has 0 unspecified atom stereocenters. The second-order valence-electron chi connectivity index (χ2n) is 5.51. The van der Waals surface area contributed by atoms with Crippen molar-refractivity contribution in [2.75, 3.05) is 13.1 Å². The van der Waals surface area contributed by atoms with E-state index in [1.807, 2.05) is 24.3 Å². The molecule has 2 amide bonds. The normalized spacial score (nSPS) is 17.2. The van der Waals surface area contributed by atoms with Crippen LogP contribution in [0.4, 0.5) is 0 Å². The average molecular weight is 367 g/mol. The minimum absolute atomic E-state index is 0.243. The molecule has 6 nitrogen and oxygen atoms in total. The Kier molecular flexibility index (Phi) is 4.73. The van der Waals surface area contributed by atoms with Gasteiger partial charge in [0.25, 0.3) is 5.91 Å². The summed E-state index contributed by atoms with van der Waals surface area (Å²) in [5.74, 6) is -1.84. The van der Waals surface area contributed by atoms with Crippen molar-refractivity contribution in [3.05, 3.63) is 34.2 Å². The van der Waals surface area contributed by atoms with Gasteiger partial charge in [-0.2, -0.15) is 0 Å². The molecular weight excluding hydrogens is 352 g/mol. The third-order valence-corrected chi connectivity index (χ3v) is 5.67. The fourth-order valence-corrected chi connectivity index (χ4v) is 4.25. The van der Waals surface area contributed by atoms with Crippen LogP contribution in [0.15, 0.2) is 24.3 Å². The highest BCUT2D eigenvalue weighted by atomic mass is 35.5. The van der Waals surface area contributed by atoms with E-state index in [-0.39, 0.29) is 6.54 Å². The zero-order valence-electron chi connectivity index (χ0n) is 12.6. The number of amides is 2. The van der Waals surface area contributed by atoms with Crippen LogP contribution in [0.25, 0.3) is 10.1 Å². The van der Waals surface area contributed by atoms with Crippen LogP contribution in [-0.2, 0) is 9.59 Å². The summed E-state index contributed by atoms with van der Waals surface area (Å²) < 4.78 is 0.893. The van der Waals surface area contributed by atoms with Crippen LogP contribution < -0.4 is 5.32 Å². The van der Waals surface area contributed by atoms with Gasteiger partial charge in [0.1, 0.15) is 10.9 Å². The van der Waals surface area contributed by atoms with Crippen molar-refractivity contribution in [2.24, 2.45) is 0 Å². The Morgan fingerprint density at radius 3 is 2.79 bits per heavy atom. The minimum Gasteiger partial charge on any atom is -0.480 e. The molecule has 24 heavy (non-hydrogen) atoms. The number of carbonyl (C=O) groups excluding carboxylic acids is 2. The van der Waals surface area contributed by atoms with Gasteiger partial charge in [0.05, 0.1) is 11.6 Å². The quantitative estimate of drug-likeness (QED) is 0.869. The molecule has 8 heteroatoms. The molecule has 1 aliphatic heterocycles. The van der Waals surface area contributed by atoms with Gasteiger partial charge in [-0.1, -0.05) is 29.8 Å². The van der Waals surface area contributed by atoms with Gasteiger partial charge in [-0.15, -0.1) is 11.3 Å². The number of carboxylic acids is 1. The summed E-state index contributed by atoms with van der Waals surface area (Å²) in [4.78, 5) is 37.2. The van der Waals surface area contributed by atoms with Gasteiger partial charge in [0.2, 0.25) is 5.91 Å². The molecule has 3 rings (SSSR count). The molecule has 1 saturated heterocycles. The highest BCUT2D eigenvalue weighted by molar-refractivity contribution is 7.21. The highest BCUT2D eigenvalue weighted by Crippen LogP contribution is 2.34. The molecule has 0 saturated carbocycles. The third-order valence-electron chi connectivity index (χ3n) is 4.00. The van der Waals surface area contributed by atoms with Crippen LogP contribution >= 0.6 is 22.9 Å². The largest absolute Gasteiger partial charge is 0.480 e. The fourth-order valence-electron chi connectivity index (χ4n) is 2.82. The zero-order chi connectivity index (χ0) is 17.3. The summed E-state index contributed by atoms with van der Waals surface area (Å²) in [6.07, 6.45) is 1.09. The molecule has 1 aromatic heterocycles. The van der Waals surface area contributed by atoms with E-state index in [0.29, 0.717) is 29.3 Å². The molecular formula is C16H15ClN2O4S. The number of rotatable bonds is 4. The van der Waals surface area contributed by atoms with Gasteiger partial charge >= 0.3 is 5.97 Å². The summed E-state index contributed by atoms with van der Waals surface area (Å²) >= 11 is 7.49. The smallest absolute Gasteiger partial charge is 0.326 e. The number of carbonyl (C=O) groups is 3. The molecule has 2 aromatic rings. The molecule has 1 fully saturated rings. The Morgan fingerprint density at radius 2 is 2.08 bits per heavy atom. The van der Waals surface area contributed by atoms with E-state index in [1.165, 1.54) is 16.2 Å². The SMILES string of the molecule is O=C(NCC(=O)N1CCC[C@@H]1C(=O)O)c1sc2ccccc2c1Cl. The van der Waals surface area contributed by atoms with Gasteiger partial charge in [-0.25, -0.2) is 4.79 Å². The first-order valence-corrected chi connectivity index (χ1v) is 8.66. The Morgan fingerprint density at radius 1 is 1.33 bits per heavy atom. The van der Waals surface area contributed by atoms with E-state index in [9.17, 15) is 14.4 Å². The number of aliphatic carboxylic acids is 1. The number of hydrogen-bond acceptors (Lipinski definition) is 4. The van der Waals surface area contributed by atoms with E-state index in [1.54, 1.807) is 0 Å². The van der Waals surface area contributed by atoms with Gasteiger partial charge in [0, 0.05) is 16.6 Å². The maximum Gasteiger partial charge on any atom is 0.326 e. The number of likely N-dealkylation sites (tertiary alicyclic amines) is 1. The van der Waals surface area contributed by atoms with Gasteiger partial charge in [-0.3, -0.25) is 9.59 Å². The molecule has 126 valence electrons. The molecule has 2 N–H and O–H groups in total. The Balaban J connectivity index is 1.67. The van der Waals surface area contributed by atoms with E-state index in [0.717, 1.165) is 10.1 Å². The van der Waals surface area contributed by atoms with Crippen molar-refractivity contribution in [1.29, 1.82) is 0 Å². The Bertz CT molecular complexity index is 820. The number of hydrogen-bond donors (Lipinski definition) is 2. The summed E-state index contributed by atoms with van der Waals surface area (Å²) in [6, 6.07) is 6.60. The van der Waals surface area contributed by atoms with E-state index < -0.39 is 23.8 Å². The zero-order valence-corrected chi connectivity index (χ0v) is 14.2. The lowest BCUT2D eigenvalue weighted by molar-refractivity contribution is -0.147. The number of thiophene rings is 1. The van der Waals surface area contributed by atoms with Gasteiger partial charge < -0.3 is 15.3 Å². The number of halogens is 1. The van der Waals surface area contributed by atoms with Crippen LogP contribution in [0, 0.1) is 0 Å². The van der Waals surface area contributed by atoms with Crippen LogP contribution in [0.2, 0.25) is 5.02 Å². The standard InChI is InChI=1S/C16H15ClN2O4S/c17-13-9-4-1-2-6-11(9)24-14(13)15(21)18-8-12(20)19-7-3-5-10(19)16(22)23/h1-2,4,6,10H,3,5,7-8H2,(H,18,21)(H,22,23)/t10-/m1/s1. The van der Waals surface area contributed by atoms with E-state index >= 15 is 0 Å². The topological polar surface area (TPSA) is 86.7 Å². The van der Waals surface area contributed by atoms with Crippen molar-refractivity contribution >= 4 is 50.8 Å². The summed E-state index contributed by atoms with van der Waals surface area (Å²) in [5, 5.41) is 12.8. The maximum atomic E-state index is 12.3. The fraction of sp³-hybridized carbons (Fsp3) is 0.312. The number of carboxylic acid groups (broad SMARTS) is 1. The first-order chi connectivity index (χ1) is 11.5. The number of fused-ring (bicyclic) bond motifs is 1. The summed E-state index contributed by atoms with van der Waals surface area (Å²) in [6.45, 7) is 0.155. The van der Waals surface area contributed by atoms with Gasteiger partial charge in [0.15, 0.2) is 0 Å². The Labute approximate surface area is 147 Å². The third kappa shape index (κ3) is 3.09.